The van der Waals surface area contributed by atoms with Crippen LogP contribution in [0.2, 0.25) is 0 Å². The number of hydrogen-bond acceptors (Lipinski definition) is 12. The molecule has 0 spiro atoms. The third kappa shape index (κ3) is 5.87. The molecule has 34 heavy (non-hydrogen) atoms. The van der Waals surface area contributed by atoms with Crippen LogP contribution in [0.3, 0.4) is 0 Å². The lowest BCUT2D eigenvalue weighted by atomic mass is 9.87. The summed E-state index contributed by atoms with van der Waals surface area (Å²) in [7, 11) is -16.8. The zero-order valence-corrected chi connectivity index (χ0v) is 19.9. The Morgan fingerprint density at radius 1 is 1.21 bits per heavy atom. The minimum absolute atomic E-state index is 0.0544. The minimum atomic E-state index is -5.75. The van der Waals surface area contributed by atoms with E-state index in [4.69, 9.17) is 20.3 Å². The van der Waals surface area contributed by atoms with Crippen LogP contribution in [0.5, 0.6) is 0 Å². The maximum absolute atomic E-state index is 15.7. The van der Waals surface area contributed by atoms with E-state index in [1.807, 2.05) is 0 Å². The molecular formula is C13H21FN5O12P3. The molecule has 7 N–H and O–H groups in total. The van der Waals surface area contributed by atoms with Crippen LogP contribution in [0.1, 0.15) is 13.3 Å². The van der Waals surface area contributed by atoms with Gasteiger partial charge < -0.3 is 39.7 Å². The number of imidazole rings is 1. The highest BCUT2D eigenvalue weighted by molar-refractivity contribution is 7.66. The summed E-state index contributed by atoms with van der Waals surface area (Å²) in [5.74, 6) is 0.0544. The number of aromatic nitrogens is 4. The number of nitrogens with zero attached hydrogens (tertiary/aromatic N) is 4. The lowest BCUT2D eigenvalue weighted by molar-refractivity contribution is -0.0983. The molecule has 0 saturated carbocycles. The standard InChI is InChI=1S/C13H21FN5O12P3/c1-2-13(5-29-33(24,25)31-34(26,27)30-32(21,22)23)11(20)12(14,4-28-13)3-19-7-18-8-9(15)16-6-17-10(8)19/h6-7,11,20H,2-5H2,1H3,(H,24,25)(H,26,27)(H2,15,16,17)(H2,21,22,23)/t11-,12-,13+/m0/s1. The molecule has 1 aliphatic heterocycles. The highest BCUT2D eigenvalue weighted by Crippen LogP contribution is 2.66. The van der Waals surface area contributed by atoms with E-state index in [0.29, 0.717) is 0 Å². The van der Waals surface area contributed by atoms with Gasteiger partial charge in [0.25, 0.3) is 0 Å². The molecule has 21 heteroatoms. The number of nitrogen functional groups attached to an aromatic ring is 1. The molecule has 0 bridgehead atoms. The first-order valence-electron chi connectivity index (χ1n) is 9.22. The summed E-state index contributed by atoms with van der Waals surface area (Å²) in [4.78, 5) is 47.7. The quantitative estimate of drug-likeness (QED) is 0.212. The van der Waals surface area contributed by atoms with Crippen molar-refractivity contribution in [2.45, 2.75) is 37.3 Å². The Morgan fingerprint density at radius 3 is 2.50 bits per heavy atom. The lowest BCUT2D eigenvalue weighted by Crippen LogP contribution is -2.51. The van der Waals surface area contributed by atoms with E-state index < -0.39 is 60.6 Å². The average molecular weight is 551 g/mol. The first-order chi connectivity index (χ1) is 15.5. The van der Waals surface area contributed by atoms with Crippen molar-refractivity contribution in [2.75, 3.05) is 18.9 Å². The minimum Gasteiger partial charge on any atom is -0.386 e. The Hall–Kier alpha value is -1.39. The van der Waals surface area contributed by atoms with Gasteiger partial charge in [0.1, 0.15) is 23.5 Å². The largest absolute Gasteiger partial charge is 0.490 e. The Morgan fingerprint density at radius 2 is 1.88 bits per heavy atom. The van der Waals surface area contributed by atoms with Crippen LogP contribution in [-0.2, 0) is 38.1 Å². The topological polar surface area (TPSA) is 259 Å². The number of phosphoric acid groups is 3. The number of rotatable bonds is 10. The summed E-state index contributed by atoms with van der Waals surface area (Å²) < 4.78 is 68.4. The predicted octanol–water partition coefficient (Wildman–Crippen LogP) is -0.000000000000000500. The van der Waals surface area contributed by atoms with Crippen molar-refractivity contribution in [3.63, 3.8) is 0 Å². The maximum Gasteiger partial charge on any atom is 0.490 e. The second-order valence-electron chi connectivity index (χ2n) is 7.31. The van der Waals surface area contributed by atoms with Crippen LogP contribution >= 0.6 is 23.5 Å². The fourth-order valence-corrected chi connectivity index (χ4v) is 6.41. The molecule has 2 aromatic rings. The van der Waals surface area contributed by atoms with Gasteiger partial charge in [-0.05, 0) is 6.42 Å². The number of aliphatic hydroxyl groups is 1. The number of anilines is 1. The third-order valence-electron chi connectivity index (χ3n) is 4.94. The lowest BCUT2D eigenvalue weighted by Gasteiger charge is -2.33. The molecule has 5 atom stereocenters. The number of halogens is 1. The highest BCUT2D eigenvalue weighted by atomic mass is 31.3. The molecule has 1 saturated heterocycles. The van der Waals surface area contributed by atoms with Gasteiger partial charge in [0.2, 0.25) is 0 Å². The molecule has 192 valence electrons. The predicted molar refractivity (Wildman–Crippen MR) is 108 cm³/mol. The van der Waals surface area contributed by atoms with Crippen molar-refractivity contribution < 1.29 is 60.6 Å². The second kappa shape index (κ2) is 9.24. The molecule has 1 aliphatic rings. The molecule has 2 aromatic heterocycles. The van der Waals surface area contributed by atoms with Gasteiger partial charge >= 0.3 is 23.5 Å². The zero-order chi connectivity index (χ0) is 25.6. The highest BCUT2D eigenvalue weighted by Gasteiger charge is 2.59. The molecule has 0 aliphatic carbocycles. The third-order valence-corrected chi connectivity index (χ3v) is 8.72. The molecule has 0 amide bonds. The average Bonchev–Trinajstić information content (AvgIpc) is 3.19. The van der Waals surface area contributed by atoms with E-state index in [9.17, 15) is 28.6 Å². The van der Waals surface area contributed by atoms with Crippen LogP contribution in [0.25, 0.3) is 11.2 Å². The van der Waals surface area contributed by atoms with E-state index in [1.54, 1.807) is 0 Å². The fraction of sp³-hybridized carbons (Fsp3) is 0.615. The van der Waals surface area contributed by atoms with E-state index in [1.165, 1.54) is 17.8 Å². The molecule has 0 aromatic carbocycles. The van der Waals surface area contributed by atoms with Gasteiger partial charge in [-0.25, -0.2) is 33.0 Å². The molecule has 2 unspecified atom stereocenters. The number of hydrogen-bond donors (Lipinski definition) is 6. The zero-order valence-electron chi connectivity index (χ0n) is 17.2. The fourth-order valence-electron chi connectivity index (χ4n) is 3.33. The summed E-state index contributed by atoms with van der Waals surface area (Å²) in [6.07, 6.45) is 0.257. The number of alkyl halides is 1. The van der Waals surface area contributed by atoms with Crippen LogP contribution in [0, 0.1) is 0 Å². The van der Waals surface area contributed by atoms with Crippen LogP contribution in [-0.4, -0.2) is 74.8 Å². The summed E-state index contributed by atoms with van der Waals surface area (Å²) >= 11 is 0. The summed E-state index contributed by atoms with van der Waals surface area (Å²) in [5, 5.41) is 10.8. The summed E-state index contributed by atoms with van der Waals surface area (Å²) in [6, 6.07) is 0. The van der Waals surface area contributed by atoms with Gasteiger partial charge in [0.15, 0.2) is 17.1 Å². The molecule has 1 fully saturated rings. The summed E-state index contributed by atoms with van der Waals surface area (Å²) in [5.41, 5.74) is 1.70. The van der Waals surface area contributed by atoms with Crippen LogP contribution in [0.4, 0.5) is 10.2 Å². The Bertz CT molecular complexity index is 1210. The smallest absolute Gasteiger partial charge is 0.386 e. The van der Waals surface area contributed by atoms with Gasteiger partial charge in [-0.15, -0.1) is 0 Å². The van der Waals surface area contributed by atoms with Crippen molar-refractivity contribution in [1.29, 1.82) is 0 Å². The number of phosphoric ester groups is 1. The Labute approximate surface area is 190 Å². The number of fused-ring (bicyclic) bond motifs is 1. The monoisotopic (exact) mass is 551 g/mol. The van der Waals surface area contributed by atoms with Gasteiger partial charge in [-0.2, -0.15) is 8.62 Å². The first-order valence-corrected chi connectivity index (χ1v) is 13.7. The van der Waals surface area contributed by atoms with Crippen molar-refractivity contribution >= 4 is 40.4 Å². The molecule has 3 rings (SSSR count). The van der Waals surface area contributed by atoms with Gasteiger partial charge in [0, 0.05) is 0 Å². The molecule has 17 nitrogen and oxygen atoms in total. The van der Waals surface area contributed by atoms with Crippen molar-refractivity contribution in [2.24, 2.45) is 0 Å². The van der Waals surface area contributed by atoms with Gasteiger partial charge in [-0.3, -0.25) is 4.52 Å². The van der Waals surface area contributed by atoms with Gasteiger partial charge in [-0.1, -0.05) is 6.92 Å². The van der Waals surface area contributed by atoms with E-state index in [2.05, 4.69) is 28.1 Å². The van der Waals surface area contributed by atoms with Crippen molar-refractivity contribution in [3.8, 4) is 0 Å². The van der Waals surface area contributed by atoms with E-state index in [-0.39, 0.29) is 23.4 Å². The van der Waals surface area contributed by atoms with Gasteiger partial charge in [0.05, 0.1) is 26.1 Å². The Kier molecular flexibility index (Phi) is 7.39. The van der Waals surface area contributed by atoms with E-state index >= 15 is 4.39 Å². The molecule has 0 radical (unpaired) electrons. The number of nitrogens with two attached hydrogens (primary N) is 1. The normalized spacial score (nSPS) is 29.2. The first kappa shape index (κ1) is 27.2. The Balaban J connectivity index is 1.74. The van der Waals surface area contributed by atoms with Crippen LogP contribution in [0.15, 0.2) is 12.7 Å². The van der Waals surface area contributed by atoms with Crippen molar-refractivity contribution in [1.82, 2.24) is 19.5 Å². The summed E-state index contributed by atoms with van der Waals surface area (Å²) in [6.45, 7) is -0.782. The van der Waals surface area contributed by atoms with E-state index in [0.717, 1.165) is 6.33 Å². The van der Waals surface area contributed by atoms with Crippen LogP contribution < -0.4 is 5.73 Å². The van der Waals surface area contributed by atoms with Crippen molar-refractivity contribution in [3.05, 3.63) is 12.7 Å². The number of aliphatic hydroxyl groups excluding tert-OH is 1. The SMILES string of the molecule is CC[C@]1(COP(=O)(O)OP(=O)(O)OP(=O)(O)O)OC[C@@](F)(Cn2cnc3c(N)ncnc32)[C@@H]1O. The molecule has 3 heterocycles. The second-order valence-corrected chi connectivity index (χ2v) is 11.7. The maximum atomic E-state index is 15.7. The molecular weight excluding hydrogens is 530 g/mol. The number of ether oxygens (including phenoxy) is 1.